The summed E-state index contributed by atoms with van der Waals surface area (Å²) >= 11 is 3.25. The summed E-state index contributed by atoms with van der Waals surface area (Å²) in [5.74, 6) is -0.425. The van der Waals surface area contributed by atoms with Gasteiger partial charge in [0, 0.05) is 4.73 Å². The van der Waals surface area contributed by atoms with E-state index in [4.69, 9.17) is 4.74 Å². The van der Waals surface area contributed by atoms with Gasteiger partial charge in [0.1, 0.15) is 10.2 Å². The molecule has 1 aliphatic carbocycles. The molecule has 112 valence electrons. The van der Waals surface area contributed by atoms with E-state index < -0.39 is 12.1 Å². The van der Waals surface area contributed by atoms with Crippen molar-refractivity contribution in [3.8, 4) is 5.75 Å². The van der Waals surface area contributed by atoms with Gasteiger partial charge in [-0.2, -0.15) is 13.2 Å². The topological polar surface area (TPSA) is 33.3 Å². The van der Waals surface area contributed by atoms with Gasteiger partial charge in [-0.05, 0) is 47.5 Å². The highest BCUT2D eigenvalue weighted by Gasteiger charge is 2.41. The second-order valence-corrected chi connectivity index (χ2v) is 5.96. The molecule has 0 radical (unpaired) electrons. The second-order valence-electron chi connectivity index (χ2n) is 5.11. The molecular formula is C13H16BrF3NO2+. The number of hydrogen-bond acceptors (Lipinski definition) is 2. The zero-order chi connectivity index (χ0) is 14.8. The monoisotopic (exact) mass is 354 g/mol. The molecule has 20 heavy (non-hydrogen) atoms. The lowest BCUT2D eigenvalue weighted by Crippen LogP contribution is -2.30. The summed E-state index contributed by atoms with van der Waals surface area (Å²) in [5, 5.41) is 9.18. The highest BCUT2D eigenvalue weighted by molar-refractivity contribution is 9.10. The number of nitrogens with zero attached hydrogens (tertiary/aromatic N) is 1. The van der Waals surface area contributed by atoms with Crippen LogP contribution in [0.15, 0.2) is 22.9 Å². The van der Waals surface area contributed by atoms with Gasteiger partial charge < -0.3 is 4.74 Å². The van der Waals surface area contributed by atoms with E-state index in [1.54, 1.807) is 6.07 Å². The highest BCUT2D eigenvalue weighted by Crippen LogP contribution is 2.39. The molecule has 1 heterocycles. The summed E-state index contributed by atoms with van der Waals surface area (Å²) < 4.78 is 44.7. The standard InChI is InChI=1S/C13H16BrF3NO2/c14-11-7-18(19)6-5-12(11)20-8-9-1-3-10(4-2-9)13(15,16)17/h5-7,9-10,19H,1-4,8H2/q+1/t9-,10-. The van der Waals surface area contributed by atoms with Crippen molar-refractivity contribution in [2.24, 2.45) is 11.8 Å². The fourth-order valence-electron chi connectivity index (χ4n) is 2.43. The molecule has 0 unspecified atom stereocenters. The first-order valence-corrected chi connectivity index (χ1v) is 7.25. The molecule has 1 saturated carbocycles. The third-order valence-electron chi connectivity index (χ3n) is 3.64. The van der Waals surface area contributed by atoms with E-state index in [2.05, 4.69) is 15.9 Å². The quantitative estimate of drug-likeness (QED) is 0.662. The molecule has 3 nitrogen and oxygen atoms in total. The van der Waals surface area contributed by atoms with Crippen LogP contribution >= 0.6 is 15.9 Å². The van der Waals surface area contributed by atoms with E-state index in [0.717, 1.165) is 4.73 Å². The molecule has 2 rings (SSSR count). The molecule has 0 aliphatic heterocycles. The average Bonchev–Trinajstić information content (AvgIpc) is 2.37. The fourth-order valence-corrected chi connectivity index (χ4v) is 2.88. The molecule has 0 atom stereocenters. The Morgan fingerprint density at radius 3 is 2.50 bits per heavy atom. The van der Waals surface area contributed by atoms with Gasteiger partial charge in [0.15, 0.2) is 0 Å². The van der Waals surface area contributed by atoms with Crippen LogP contribution in [-0.2, 0) is 0 Å². The van der Waals surface area contributed by atoms with E-state index in [1.807, 2.05) is 0 Å². The Bertz CT molecular complexity index is 459. The fraction of sp³-hybridized carbons (Fsp3) is 0.615. The van der Waals surface area contributed by atoms with Crippen LogP contribution in [0.2, 0.25) is 0 Å². The zero-order valence-electron chi connectivity index (χ0n) is 10.7. The van der Waals surface area contributed by atoms with Crippen molar-refractivity contribution >= 4 is 15.9 Å². The largest absolute Gasteiger partial charge is 0.492 e. The van der Waals surface area contributed by atoms with Gasteiger partial charge in [-0.3, -0.25) is 5.21 Å². The molecule has 0 spiro atoms. The first-order chi connectivity index (χ1) is 9.36. The van der Waals surface area contributed by atoms with Crippen LogP contribution in [0.25, 0.3) is 0 Å². The van der Waals surface area contributed by atoms with Crippen molar-refractivity contribution in [2.75, 3.05) is 6.61 Å². The summed E-state index contributed by atoms with van der Waals surface area (Å²) in [4.78, 5) is 0. The van der Waals surface area contributed by atoms with Crippen molar-refractivity contribution in [3.05, 3.63) is 22.9 Å². The third kappa shape index (κ3) is 4.01. The van der Waals surface area contributed by atoms with Gasteiger partial charge in [-0.1, -0.05) is 0 Å². The van der Waals surface area contributed by atoms with Gasteiger partial charge in [-0.15, -0.1) is 0 Å². The third-order valence-corrected chi connectivity index (χ3v) is 4.24. The molecule has 1 N–H and O–H groups in total. The second kappa shape index (κ2) is 6.20. The predicted octanol–water partition coefficient (Wildman–Crippen LogP) is 3.72. The Balaban J connectivity index is 1.82. The number of alkyl halides is 3. The number of pyridine rings is 1. The lowest BCUT2D eigenvalue weighted by Gasteiger charge is -2.29. The van der Waals surface area contributed by atoms with E-state index in [-0.39, 0.29) is 18.8 Å². The van der Waals surface area contributed by atoms with Crippen molar-refractivity contribution in [2.45, 2.75) is 31.9 Å². The van der Waals surface area contributed by atoms with Crippen LogP contribution in [0.5, 0.6) is 5.75 Å². The SMILES string of the molecule is O[n+]1ccc(OC[C@H]2CC[C@H](C(F)(F)F)CC2)c(Br)c1. The smallest absolute Gasteiger partial charge is 0.391 e. The summed E-state index contributed by atoms with van der Waals surface area (Å²) in [6, 6.07) is 1.60. The Morgan fingerprint density at radius 1 is 1.30 bits per heavy atom. The number of aromatic nitrogens is 1. The van der Waals surface area contributed by atoms with Gasteiger partial charge in [-0.25, -0.2) is 0 Å². The molecule has 1 aromatic rings. The van der Waals surface area contributed by atoms with Gasteiger partial charge in [0.2, 0.25) is 12.4 Å². The maximum atomic E-state index is 12.5. The highest BCUT2D eigenvalue weighted by atomic mass is 79.9. The van der Waals surface area contributed by atoms with Crippen LogP contribution in [-0.4, -0.2) is 18.0 Å². The minimum absolute atomic E-state index is 0.155. The molecule has 1 aliphatic rings. The molecule has 7 heteroatoms. The lowest BCUT2D eigenvalue weighted by molar-refractivity contribution is -0.905. The Hall–Kier alpha value is -0.980. The maximum absolute atomic E-state index is 12.5. The summed E-state index contributed by atoms with van der Waals surface area (Å²) in [7, 11) is 0. The van der Waals surface area contributed by atoms with Crippen molar-refractivity contribution in [3.63, 3.8) is 0 Å². The van der Waals surface area contributed by atoms with Crippen LogP contribution < -0.4 is 9.47 Å². The lowest BCUT2D eigenvalue weighted by atomic mass is 9.82. The van der Waals surface area contributed by atoms with Crippen molar-refractivity contribution < 1.29 is 27.8 Å². The normalized spacial score (nSPS) is 23.6. The van der Waals surface area contributed by atoms with E-state index in [0.29, 0.717) is 29.7 Å². The Kier molecular flexibility index (Phi) is 4.78. The summed E-state index contributed by atoms with van der Waals surface area (Å²) in [6.45, 7) is 0.401. The molecular weight excluding hydrogens is 339 g/mol. The molecule has 0 bridgehead atoms. The van der Waals surface area contributed by atoms with Crippen LogP contribution in [0, 0.1) is 11.8 Å². The van der Waals surface area contributed by atoms with E-state index >= 15 is 0 Å². The zero-order valence-corrected chi connectivity index (χ0v) is 12.3. The molecule has 0 saturated heterocycles. The maximum Gasteiger partial charge on any atom is 0.391 e. The van der Waals surface area contributed by atoms with Gasteiger partial charge in [0.05, 0.1) is 18.6 Å². The van der Waals surface area contributed by atoms with Crippen LogP contribution in [0.4, 0.5) is 13.2 Å². The van der Waals surface area contributed by atoms with Crippen molar-refractivity contribution in [1.29, 1.82) is 0 Å². The summed E-state index contributed by atoms with van der Waals surface area (Å²) in [6.07, 6.45) is 0.247. The molecule has 1 fully saturated rings. The minimum atomic E-state index is -4.07. The van der Waals surface area contributed by atoms with Gasteiger partial charge >= 0.3 is 6.18 Å². The summed E-state index contributed by atoms with van der Waals surface area (Å²) in [5.41, 5.74) is 0. The van der Waals surface area contributed by atoms with Crippen LogP contribution in [0.3, 0.4) is 0 Å². The molecule has 0 aromatic carbocycles. The van der Waals surface area contributed by atoms with E-state index in [9.17, 15) is 18.4 Å². The number of rotatable bonds is 3. The molecule has 0 amide bonds. The number of hydrogen-bond donors (Lipinski definition) is 1. The van der Waals surface area contributed by atoms with Gasteiger partial charge in [0.25, 0.3) is 0 Å². The van der Waals surface area contributed by atoms with Crippen molar-refractivity contribution in [1.82, 2.24) is 0 Å². The van der Waals surface area contributed by atoms with Crippen LogP contribution in [0.1, 0.15) is 25.7 Å². The Labute approximate surface area is 123 Å². The first-order valence-electron chi connectivity index (χ1n) is 6.46. The first kappa shape index (κ1) is 15.4. The Morgan fingerprint density at radius 2 is 1.95 bits per heavy atom. The number of ether oxygens (including phenoxy) is 1. The average molecular weight is 355 g/mol. The number of halogens is 4. The minimum Gasteiger partial charge on any atom is -0.492 e. The predicted molar refractivity (Wildman–Crippen MR) is 68.5 cm³/mol. The van der Waals surface area contributed by atoms with E-state index in [1.165, 1.54) is 12.4 Å². The molecule has 1 aromatic heterocycles.